The van der Waals surface area contributed by atoms with Gasteiger partial charge in [0.15, 0.2) is 0 Å². The van der Waals surface area contributed by atoms with E-state index >= 15 is 0 Å². The number of rotatable bonds is 4. The van der Waals surface area contributed by atoms with Crippen molar-refractivity contribution in [3.05, 3.63) is 27.4 Å². The van der Waals surface area contributed by atoms with Crippen LogP contribution in [0.25, 0.3) is 0 Å². The van der Waals surface area contributed by atoms with Gasteiger partial charge in [-0.15, -0.1) is 12.4 Å². The van der Waals surface area contributed by atoms with E-state index in [4.69, 9.17) is 11.6 Å². The molecular weight excluding hydrogens is 418 g/mol. The predicted molar refractivity (Wildman–Crippen MR) is 91.8 cm³/mol. The van der Waals surface area contributed by atoms with Crippen LogP contribution in [0.3, 0.4) is 0 Å². The maximum Gasteiger partial charge on any atom is 0.243 e. The first-order chi connectivity index (χ1) is 9.73. The second-order valence-corrected chi connectivity index (χ2v) is 8.55. The highest BCUT2D eigenvalue weighted by Crippen LogP contribution is 2.32. The van der Waals surface area contributed by atoms with Gasteiger partial charge in [0.05, 0.1) is 5.02 Å². The minimum Gasteiger partial charge on any atom is -0.317 e. The van der Waals surface area contributed by atoms with E-state index in [1.807, 2.05) is 0 Å². The zero-order valence-electron chi connectivity index (χ0n) is 12.0. The Morgan fingerprint density at radius 1 is 1.41 bits per heavy atom. The number of halogens is 4. The lowest BCUT2D eigenvalue weighted by Crippen LogP contribution is -2.42. The van der Waals surface area contributed by atoms with E-state index in [-0.39, 0.29) is 32.2 Å². The Kier molecular flexibility index (Phi) is 7.11. The largest absolute Gasteiger partial charge is 0.317 e. The third kappa shape index (κ3) is 4.79. The average Bonchev–Trinajstić information content (AvgIpc) is 2.36. The molecule has 126 valence electrons. The molecule has 0 amide bonds. The van der Waals surface area contributed by atoms with E-state index in [0.29, 0.717) is 6.54 Å². The maximum atomic E-state index is 13.2. The van der Waals surface area contributed by atoms with E-state index in [9.17, 15) is 12.8 Å². The highest BCUT2D eigenvalue weighted by molar-refractivity contribution is 9.10. The van der Waals surface area contributed by atoms with Gasteiger partial charge in [-0.2, -0.15) is 0 Å². The van der Waals surface area contributed by atoms with Gasteiger partial charge in [-0.05, 0) is 59.4 Å². The molecule has 0 bridgehead atoms. The van der Waals surface area contributed by atoms with Gasteiger partial charge in [0.2, 0.25) is 10.0 Å². The van der Waals surface area contributed by atoms with Crippen LogP contribution in [0, 0.1) is 11.2 Å². The van der Waals surface area contributed by atoms with Crippen molar-refractivity contribution in [1.29, 1.82) is 0 Å². The summed E-state index contributed by atoms with van der Waals surface area (Å²) in [6.07, 6.45) is 1.79. The summed E-state index contributed by atoms with van der Waals surface area (Å²) in [7, 11) is -3.79. The van der Waals surface area contributed by atoms with E-state index in [1.165, 1.54) is 0 Å². The Hall–Kier alpha value is 0.0800. The van der Waals surface area contributed by atoms with Gasteiger partial charge in [-0.3, -0.25) is 0 Å². The molecule has 1 saturated heterocycles. The molecule has 1 fully saturated rings. The molecule has 0 radical (unpaired) electrons. The summed E-state index contributed by atoms with van der Waals surface area (Å²) in [4.78, 5) is -0.122. The smallest absolute Gasteiger partial charge is 0.243 e. The van der Waals surface area contributed by atoms with E-state index in [0.717, 1.165) is 38.1 Å². The molecule has 22 heavy (non-hydrogen) atoms. The molecule has 1 aromatic carbocycles. The van der Waals surface area contributed by atoms with Gasteiger partial charge in [0.25, 0.3) is 0 Å². The van der Waals surface area contributed by atoms with Crippen LogP contribution in [0.5, 0.6) is 0 Å². The fraction of sp³-hybridized carbons (Fsp3) is 0.538. The summed E-state index contributed by atoms with van der Waals surface area (Å²) in [5.41, 5.74) is -0.0860. The molecule has 0 atom stereocenters. The highest BCUT2D eigenvalue weighted by atomic mass is 79.9. The summed E-state index contributed by atoms with van der Waals surface area (Å²) in [5.74, 6) is -0.587. The second kappa shape index (κ2) is 7.77. The van der Waals surface area contributed by atoms with E-state index in [1.54, 1.807) is 0 Å². The van der Waals surface area contributed by atoms with Crippen molar-refractivity contribution in [2.75, 3.05) is 19.6 Å². The minimum absolute atomic E-state index is 0. The molecule has 1 aromatic rings. The van der Waals surface area contributed by atoms with Crippen LogP contribution >= 0.6 is 39.9 Å². The predicted octanol–water partition coefficient (Wildman–Crippen LogP) is 3.33. The summed E-state index contributed by atoms with van der Waals surface area (Å²) in [5, 5.41) is 3.11. The Balaban J connectivity index is 0.00000242. The first-order valence-electron chi connectivity index (χ1n) is 6.58. The van der Waals surface area contributed by atoms with Crippen LogP contribution in [0.1, 0.15) is 19.8 Å². The topological polar surface area (TPSA) is 58.2 Å². The summed E-state index contributed by atoms with van der Waals surface area (Å²) < 4.78 is 40.7. The summed E-state index contributed by atoms with van der Waals surface area (Å²) in [6, 6.07) is 2.08. The van der Waals surface area contributed by atoms with E-state index < -0.39 is 15.8 Å². The van der Waals surface area contributed by atoms with Crippen LogP contribution < -0.4 is 10.0 Å². The van der Waals surface area contributed by atoms with Crippen molar-refractivity contribution in [3.63, 3.8) is 0 Å². The van der Waals surface area contributed by atoms with E-state index in [2.05, 4.69) is 32.9 Å². The SMILES string of the molecule is CC1(CNS(=O)(=O)c2c(Cl)cc(F)cc2Br)CCNCC1.Cl. The number of nitrogens with one attached hydrogen (secondary N) is 2. The highest BCUT2D eigenvalue weighted by Gasteiger charge is 2.30. The van der Waals surface area contributed by atoms with Crippen LogP contribution in [0.4, 0.5) is 4.39 Å². The van der Waals surface area contributed by atoms with Crippen molar-refractivity contribution in [3.8, 4) is 0 Å². The van der Waals surface area contributed by atoms with Crippen molar-refractivity contribution in [1.82, 2.24) is 10.0 Å². The van der Waals surface area contributed by atoms with Crippen molar-refractivity contribution < 1.29 is 12.8 Å². The molecule has 0 saturated carbocycles. The Labute approximate surface area is 149 Å². The second-order valence-electron chi connectivity index (χ2n) is 5.58. The molecule has 0 unspecified atom stereocenters. The van der Waals surface area contributed by atoms with Crippen LogP contribution in [-0.2, 0) is 10.0 Å². The molecule has 0 aliphatic carbocycles. The van der Waals surface area contributed by atoms with Gasteiger partial charge in [0.1, 0.15) is 10.7 Å². The quantitative estimate of drug-likeness (QED) is 0.762. The lowest BCUT2D eigenvalue weighted by atomic mass is 9.81. The monoisotopic (exact) mass is 434 g/mol. The van der Waals surface area contributed by atoms with Gasteiger partial charge in [-0.1, -0.05) is 18.5 Å². The van der Waals surface area contributed by atoms with Crippen molar-refractivity contribution in [2.24, 2.45) is 5.41 Å². The zero-order chi connectivity index (χ0) is 15.7. The minimum atomic E-state index is -3.79. The lowest BCUT2D eigenvalue weighted by Gasteiger charge is -2.34. The molecule has 0 spiro atoms. The number of hydrogen-bond donors (Lipinski definition) is 2. The number of piperidine rings is 1. The van der Waals surface area contributed by atoms with Crippen LogP contribution in [0.15, 0.2) is 21.5 Å². The lowest BCUT2D eigenvalue weighted by molar-refractivity contribution is 0.232. The first-order valence-corrected chi connectivity index (χ1v) is 9.24. The van der Waals surface area contributed by atoms with Gasteiger partial charge in [0, 0.05) is 11.0 Å². The van der Waals surface area contributed by atoms with Crippen LogP contribution in [0.2, 0.25) is 5.02 Å². The molecular formula is C13H18BrCl2FN2O2S. The third-order valence-corrected chi connectivity index (χ3v) is 6.53. The van der Waals surface area contributed by atoms with Gasteiger partial charge < -0.3 is 5.32 Å². The molecule has 1 heterocycles. The Morgan fingerprint density at radius 3 is 2.55 bits per heavy atom. The van der Waals surface area contributed by atoms with Crippen molar-refractivity contribution in [2.45, 2.75) is 24.7 Å². The normalized spacial score (nSPS) is 17.8. The van der Waals surface area contributed by atoms with Crippen LogP contribution in [-0.4, -0.2) is 28.1 Å². The molecule has 9 heteroatoms. The Morgan fingerprint density at radius 2 is 2.00 bits per heavy atom. The Bertz CT molecular complexity index is 614. The molecule has 2 rings (SSSR count). The third-order valence-electron chi connectivity index (χ3n) is 3.73. The first kappa shape index (κ1) is 20.1. The molecule has 4 nitrogen and oxygen atoms in total. The maximum absolute atomic E-state index is 13.2. The van der Waals surface area contributed by atoms with Gasteiger partial charge in [-0.25, -0.2) is 17.5 Å². The fourth-order valence-corrected chi connectivity index (χ4v) is 5.34. The fourth-order valence-electron chi connectivity index (χ4n) is 2.33. The average molecular weight is 436 g/mol. The number of sulfonamides is 1. The number of benzene rings is 1. The molecule has 1 aliphatic heterocycles. The van der Waals surface area contributed by atoms with Crippen molar-refractivity contribution >= 4 is 50.0 Å². The van der Waals surface area contributed by atoms with Gasteiger partial charge >= 0.3 is 0 Å². The zero-order valence-corrected chi connectivity index (χ0v) is 15.9. The summed E-state index contributed by atoms with van der Waals surface area (Å²) >= 11 is 8.94. The molecule has 0 aromatic heterocycles. The molecule has 1 aliphatic rings. The molecule has 2 N–H and O–H groups in total. The standard InChI is InChI=1S/C13H17BrClFN2O2S.ClH/c1-13(2-4-17-5-3-13)8-18-21(19,20)12-10(14)6-9(16)7-11(12)15;/h6-7,17-18H,2-5,8H2,1H3;1H. The summed E-state index contributed by atoms with van der Waals surface area (Å²) in [6.45, 7) is 4.13. The number of hydrogen-bond acceptors (Lipinski definition) is 3.